The Labute approximate surface area is 346 Å². The molecule has 7 atom stereocenters. The van der Waals surface area contributed by atoms with Crippen molar-refractivity contribution in [2.24, 2.45) is 23.7 Å². The zero-order chi connectivity index (χ0) is 41.7. The summed E-state index contributed by atoms with van der Waals surface area (Å²) in [5, 5.41) is 24.0. The van der Waals surface area contributed by atoms with Crippen molar-refractivity contribution in [2.45, 2.75) is 84.4 Å². The summed E-state index contributed by atoms with van der Waals surface area (Å²) < 4.78 is 10.9. The standard InChI is InChI=1S/C45H70N6O7/c1-5-33(3)40(44(55)46-17-19-50-21-25-57-26-22-50)48-42(53)37(29-35-13-9-7-10-14-35)31-39(52)32-38(30-36-15-11-8-12-16-36)43(54)49-41(34(4)6-2)45(56)47-18-20-51-23-27-58-28-24-51/h7-16,33-34,37-41,52H,5-6,17-32H2,1-4H3,(H,46,55)(H,47,56)(H,48,53)(H,49,54)/t33-,34-,37-,38-,39?,40-,41+/m0/s1. The molecular formula is C45H70N6O7. The van der Waals surface area contributed by atoms with Crippen molar-refractivity contribution < 1.29 is 33.8 Å². The van der Waals surface area contributed by atoms with E-state index < -0.39 is 30.0 Å². The number of aliphatic hydroxyl groups is 1. The van der Waals surface area contributed by atoms with Crippen LogP contribution < -0.4 is 21.3 Å². The van der Waals surface area contributed by atoms with Crippen molar-refractivity contribution >= 4 is 23.6 Å². The highest BCUT2D eigenvalue weighted by Gasteiger charge is 2.34. The summed E-state index contributed by atoms with van der Waals surface area (Å²) in [4.78, 5) is 60.0. The highest BCUT2D eigenvalue weighted by atomic mass is 16.5. The molecule has 0 spiro atoms. The van der Waals surface area contributed by atoms with E-state index in [9.17, 15) is 24.3 Å². The Morgan fingerprint density at radius 1 is 0.603 bits per heavy atom. The predicted octanol–water partition coefficient (Wildman–Crippen LogP) is 2.80. The zero-order valence-electron chi connectivity index (χ0n) is 35.3. The molecule has 1 unspecified atom stereocenters. The molecule has 0 aliphatic carbocycles. The fourth-order valence-electron chi connectivity index (χ4n) is 7.61. The highest BCUT2D eigenvalue weighted by Crippen LogP contribution is 2.23. The Morgan fingerprint density at radius 3 is 1.31 bits per heavy atom. The van der Waals surface area contributed by atoms with Gasteiger partial charge in [-0.3, -0.25) is 29.0 Å². The van der Waals surface area contributed by atoms with Crippen LogP contribution in [0.3, 0.4) is 0 Å². The van der Waals surface area contributed by atoms with E-state index in [0.29, 0.717) is 78.3 Å². The lowest BCUT2D eigenvalue weighted by molar-refractivity contribution is -0.134. The number of hydrogen-bond acceptors (Lipinski definition) is 9. The van der Waals surface area contributed by atoms with Crippen LogP contribution in [-0.2, 0) is 41.5 Å². The molecule has 0 bridgehead atoms. The lowest BCUT2D eigenvalue weighted by atomic mass is 9.86. The third-order valence-corrected chi connectivity index (χ3v) is 11.8. The molecule has 2 heterocycles. The Hall–Kier alpha value is -3.88. The maximum absolute atomic E-state index is 14.2. The zero-order valence-corrected chi connectivity index (χ0v) is 35.3. The molecule has 4 rings (SSSR count). The number of hydrogen-bond donors (Lipinski definition) is 5. The van der Waals surface area contributed by atoms with Crippen LogP contribution in [0.25, 0.3) is 0 Å². The molecule has 4 amide bonds. The van der Waals surface area contributed by atoms with Crippen LogP contribution in [0, 0.1) is 23.7 Å². The Bertz CT molecular complexity index is 1390. The van der Waals surface area contributed by atoms with Crippen LogP contribution in [0.4, 0.5) is 0 Å². The van der Waals surface area contributed by atoms with Gasteiger partial charge in [-0.2, -0.15) is 0 Å². The van der Waals surface area contributed by atoms with Gasteiger partial charge in [-0.25, -0.2) is 0 Å². The largest absolute Gasteiger partial charge is 0.393 e. The lowest BCUT2D eigenvalue weighted by Gasteiger charge is -2.30. The van der Waals surface area contributed by atoms with E-state index in [1.165, 1.54) is 0 Å². The molecule has 0 saturated carbocycles. The molecule has 58 heavy (non-hydrogen) atoms. The first-order valence-corrected chi connectivity index (χ1v) is 21.6. The van der Waals surface area contributed by atoms with Crippen molar-refractivity contribution in [2.75, 3.05) is 78.8 Å². The summed E-state index contributed by atoms with van der Waals surface area (Å²) in [7, 11) is 0. The van der Waals surface area contributed by atoms with Crippen LogP contribution in [0.15, 0.2) is 60.7 Å². The van der Waals surface area contributed by atoms with Crippen LogP contribution >= 0.6 is 0 Å². The van der Waals surface area contributed by atoms with Gasteiger partial charge in [0.2, 0.25) is 23.6 Å². The lowest BCUT2D eigenvalue weighted by Crippen LogP contribution is -2.53. The number of rotatable bonds is 24. The van der Waals surface area contributed by atoms with Crippen LogP contribution in [0.2, 0.25) is 0 Å². The predicted molar refractivity (Wildman–Crippen MR) is 226 cm³/mol. The molecule has 2 aliphatic rings. The first-order chi connectivity index (χ1) is 28.1. The second-order valence-corrected chi connectivity index (χ2v) is 16.1. The fraction of sp³-hybridized carbons (Fsp3) is 0.644. The molecule has 322 valence electrons. The van der Waals surface area contributed by atoms with E-state index in [-0.39, 0.29) is 48.3 Å². The number of amides is 4. The minimum atomic E-state index is -1.02. The minimum Gasteiger partial charge on any atom is -0.393 e. The van der Waals surface area contributed by atoms with Gasteiger partial charge >= 0.3 is 0 Å². The minimum absolute atomic E-state index is 0.0853. The molecular weight excluding hydrogens is 737 g/mol. The first-order valence-electron chi connectivity index (χ1n) is 21.6. The van der Waals surface area contributed by atoms with Gasteiger partial charge in [-0.05, 0) is 48.6 Å². The van der Waals surface area contributed by atoms with Gasteiger partial charge in [0, 0.05) is 64.2 Å². The maximum Gasteiger partial charge on any atom is 0.242 e. The normalized spacial score (nSPS) is 18.8. The summed E-state index contributed by atoms with van der Waals surface area (Å²) in [6, 6.07) is 17.8. The fourth-order valence-corrected chi connectivity index (χ4v) is 7.61. The molecule has 2 aliphatic heterocycles. The number of carbonyl (C=O) groups is 4. The van der Waals surface area contributed by atoms with Crippen LogP contribution in [0.5, 0.6) is 0 Å². The number of benzene rings is 2. The van der Waals surface area contributed by atoms with Crippen LogP contribution in [0.1, 0.15) is 64.5 Å². The van der Waals surface area contributed by atoms with Gasteiger partial charge in [0.05, 0.1) is 32.5 Å². The summed E-state index contributed by atoms with van der Waals surface area (Å²) >= 11 is 0. The quantitative estimate of drug-likeness (QED) is 0.108. The Balaban J connectivity index is 1.46. The van der Waals surface area contributed by atoms with Gasteiger partial charge in [-0.15, -0.1) is 0 Å². The monoisotopic (exact) mass is 807 g/mol. The van der Waals surface area contributed by atoms with Crippen LogP contribution in [-0.4, -0.2) is 136 Å². The number of aliphatic hydroxyl groups excluding tert-OH is 1. The van der Waals surface area contributed by atoms with Gasteiger partial charge in [0.1, 0.15) is 12.1 Å². The van der Waals surface area contributed by atoms with E-state index in [1.54, 1.807) is 0 Å². The second-order valence-electron chi connectivity index (χ2n) is 16.1. The van der Waals surface area contributed by atoms with Crippen molar-refractivity contribution in [3.63, 3.8) is 0 Å². The van der Waals surface area contributed by atoms with Crippen molar-refractivity contribution in [3.05, 3.63) is 71.8 Å². The molecule has 2 saturated heterocycles. The van der Waals surface area contributed by atoms with Gasteiger partial charge in [-0.1, -0.05) is 101 Å². The van der Waals surface area contributed by atoms with E-state index in [4.69, 9.17) is 9.47 Å². The van der Waals surface area contributed by atoms with Gasteiger partial charge in [0.25, 0.3) is 0 Å². The number of ether oxygens (including phenoxy) is 2. The summed E-state index contributed by atoms with van der Waals surface area (Å²) in [6.45, 7) is 16.2. The maximum atomic E-state index is 14.2. The average Bonchev–Trinajstić information content (AvgIpc) is 3.24. The number of morpholine rings is 2. The smallest absolute Gasteiger partial charge is 0.242 e. The van der Waals surface area contributed by atoms with E-state index in [2.05, 4.69) is 31.1 Å². The SMILES string of the molecule is CC[C@H](C)[C@H](NC(=O)[C@@H](Cc1ccccc1)CC(O)C[C@H](Cc1ccccc1)C(=O)N[C@@H](C(=O)NCCN1CCOCC1)[C@@H](C)CC)C(=O)NCCN1CCOCC1. The summed E-state index contributed by atoms with van der Waals surface area (Å²) in [5.74, 6) is -2.66. The van der Waals surface area contributed by atoms with E-state index in [0.717, 1.165) is 37.3 Å². The summed E-state index contributed by atoms with van der Waals surface area (Å²) in [6.07, 6.45) is 1.23. The third kappa shape index (κ3) is 16.1. The topological polar surface area (TPSA) is 162 Å². The van der Waals surface area contributed by atoms with E-state index in [1.807, 2.05) is 88.4 Å². The van der Waals surface area contributed by atoms with E-state index >= 15 is 0 Å². The summed E-state index contributed by atoms with van der Waals surface area (Å²) in [5.41, 5.74) is 1.86. The molecule has 0 aromatic heterocycles. The number of nitrogens with zero attached hydrogens (tertiary/aromatic N) is 2. The molecule has 13 heteroatoms. The van der Waals surface area contributed by atoms with Crippen molar-refractivity contribution in [1.82, 2.24) is 31.1 Å². The molecule has 2 fully saturated rings. The molecule has 2 aromatic carbocycles. The highest BCUT2D eigenvalue weighted by molar-refractivity contribution is 5.89. The average molecular weight is 807 g/mol. The third-order valence-electron chi connectivity index (χ3n) is 11.8. The first kappa shape index (κ1) is 46.8. The molecule has 2 aromatic rings. The molecule has 0 radical (unpaired) electrons. The Morgan fingerprint density at radius 2 is 0.966 bits per heavy atom. The number of nitrogens with one attached hydrogen (secondary N) is 4. The van der Waals surface area contributed by atoms with Crippen molar-refractivity contribution in [3.8, 4) is 0 Å². The van der Waals surface area contributed by atoms with Gasteiger partial charge < -0.3 is 35.8 Å². The van der Waals surface area contributed by atoms with Gasteiger partial charge in [0.15, 0.2) is 0 Å². The molecule has 5 N–H and O–H groups in total. The molecule has 13 nitrogen and oxygen atoms in total. The van der Waals surface area contributed by atoms with Crippen molar-refractivity contribution in [1.29, 1.82) is 0 Å². The second kappa shape index (κ2) is 25.6. The number of carbonyl (C=O) groups excluding carboxylic acids is 4. The Kier molecular flexibility index (Phi) is 20.6.